The second-order valence-corrected chi connectivity index (χ2v) is 3.48. The number of carbonyl (C=O) groups excluding carboxylic acids is 2. The fourth-order valence-electron chi connectivity index (χ4n) is 1.20. The van der Waals surface area contributed by atoms with Crippen molar-refractivity contribution in [2.75, 3.05) is 0 Å². The quantitative estimate of drug-likeness (QED) is 0.372. The van der Waals surface area contributed by atoms with Crippen LogP contribution in [0, 0.1) is 0 Å². The van der Waals surface area contributed by atoms with Crippen LogP contribution in [0.2, 0.25) is 0 Å². The topological polar surface area (TPSA) is 52.6 Å². The smallest absolute Gasteiger partial charge is 0.308 e. The molecule has 0 aliphatic rings. The van der Waals surface area contributed by atoms with Gasteiger partial charge in [-0.1, -0.05) is 26.2 Å². The molecule has 0 aromatic rings. The van der Waals surface area contributed by atoms with E-state index in [0.717, 1.165) is 25.7 Å². The van der Waals surface area contributed by atoms with Gasteiger partial charge in [-0.2, -0.15) is 0 Å². The van der Waals surface area contributed by atoms with Crippen molar-refractivity contribution in [1.29, 1.82) is 0 Å². The number of rotatable bonds is 7. The molecule has 0 aromatic heterocycles. The molecule has 0 saturated carbocycles. The Bertz CT molecular complexity index is 201. The SMILES string of the molecule is CCCCCCC(=O)OC(C)OC(C)=O. The molecule has 15 heavy (non-hydrogen) atoms. The molecule has 0 saturated heterocycles. The molecule has 0 bridgehead atoms. The minimum absolute atomic E-state index is 0.306. The van der Waals surface area contributed by atoms with Gasteiger partial charge in [-0.05, 0) is 6.42 Å². The van der Waals surface area contributed by atoms with Crippen molar-refractivity contribution >= 4 is 11.9 Å². The summed E-state index contributed by atoms with van der Waals surface area (Å²) in [6.07, 6.45) is 3.76. The Balaban J connectivity index is 3.51. The summed E-state index contributed by atoms with van der Waals surface area (Å²) >= 11 is 0. The maximum Gasteiger partial charge on any atom is 0.308 e. The standard InChI is InChI=1S/C11H20O4/c1-4-5-6-7-8-11(13)15-10(3)14-9(2)12/h10H,4-8H2,1-3H3. The van der Waals surface area contributed by atoms with Crippen LogP contribution in [0.4, 0.5) is 0 Å². The van der Waals surface area contributed by atoms with E-state index in [1.165, 1.54) is 13.8 Å². The zero-order valence-electron chi connectivity index (χ0n) is 9.75. The van der Waals surface area contributed by atoms with Gasteiger partial charge in [0.05, 0.1) is 0 Å². The Morgan fingerprint density at radius 1 is 1.13 bits per heavy atom. The third kappa shape index (κ3) is 9.25. The largest absolute Gasteiger partial charge is 0.426 e. The van der Waals surface area contributed by atoms with E-state index in [0.29, 0.717) is 6.42 Å². The van der Waals surface area contributed by atoms with Gasteiger partial charge in [0.15, 0.2) is 0 Å². The zero-order valence-corrected chi connectivity index (χ0v) is 9.75. The molecule has 0 radical (unpaired) electrons. The first-order chi connectivity index (χ1) is 7.06. The molecule has 4 nitrogen and oxygen atoms in total. The third-order valence-electron chi connectivity index (χ3n) is 1.86. The molecule has 0 aliphatic carbocycles. The molecule has 0 spiro atoms. The molecule has 0 aromatic carbocycles. The first kappa shape index (κ1) is 13.9. The highest BCUT2D eigenvalue weighted by Crippen LogP contribution is 2.05. The van der Waals surface area contributed by atoms with Crippen molar-refractivity contribution in [2.24, 2.45) is 0 Å². The van der Waals surface area contributed by atoms with E-state index in [2.05, 4.69) is 11.7 Å². The number of ether oxygens (including phenoxy) is 2. The fourth-order valence-corrected chi connectivity index (χ4v) is 1.20. The van der Waals surface area contributed by atoms with Crippen LogP contribution < -0.4 is 0 Å². The van der Waals surface area contributed by atoms with Crippen LogP contribution >= 0.6 is 0 Å². The third-order valence-corrected chi connectivity index (χ3v) is 1.86. The second-order valence-electron chi connectivity index (χ2n) is 3.48. The summed E-state index contributed by atoms with van der Waals surface area (Å²) in [6.45, 7) is 4.93. The minimum Gasteiger partial charge on any atom is -0.426 e. The van der Waals surface area contributed by atoms with Gasteiger partial charge in [0.2, 0.25) is 6.29 Å². The average Bonchev–Trinajstić information content (AvgIpc) is 2.10. The predicted octanol–water partition coefficient (Wildman–Crippen LogP) is 2.41. The van der Waals surface area contributed by atoms with E-state index < -0.39 is 12.3 Å². The Morgan fingerprint density at radius 3 is 2.33 bits per heavy atom. The highest BCUT2D eigenvalue weighted by molar-refractivity contribution is 5.70. The lowest BCUT2D eigenvalue weighted by atomic mass is 10.2. The summed E-state index contributed by atoms with van der Waals surface area (Å²) in [5.41, 5.74) is 0. The second kappa shape index (κ2) is 8.26. The lowest BCUT2D eigenvalue weighted by Gasteiger charge is -2.12. The predicted molar refractivity (Wildman–Crippen MR) is 56.1 cm³/mol. The summed E-state index contributed by atoms with van der Waals surface area (Å²) in [4.78, 5) is 21.7. The van der Waals surface area contributed by atoms with Gasteiger partial charge in [0.25, 0.3) is 0 Å². The summed E-state index contributed by atoms with van der Waals surface area (Å²) in [5, 5.41) is 0. The molecule has 0 rings (SSSR count). The van der Waals surface area contributed by atoms with Crippen molar-refractivity contribution in [1.82, 2.24) is 0 Å². The highest BCUT2D eigenvalue weighted by atomic mass is 16.7. The van der Waals surface area contributed by atoms with Crippen LogP contribution in [-0.4, -0.2) is 18.2 Å². The summed E-state index contributed by atoms with van der Waals surface area (Å²) in [7, 11) is 0. The summed E-state index contributed by atoms with van der Waals surface area (Å²) < 4.78 is 9.53. The van der Waals surface area contributed by atoms with Crippen LogP contribution in [0.15, 0.2) is 0 Å². The summed E-state index contributed by atoms with van der Waals surface area (Å²) in [5.74, 6) is -0.749. The van der Waals surface area contributed by atoms with E-state index in [1.54, 1.807) is 0 Å². The van der Waals surface area contributed by atoms with Crippen molar-refractivity contribution in [3.8, 4) is 0 Å². The normalized spacial score (nSPS) is 11.9. The van der Waals surface area contributed by atoms with E-state index >= 15 is 0 Å². The highest BCUT2D eigenvalue weighted by Gasteiger charge is 2.10. The Labute approximate surface area is 90.9 Å². The lowest BCUT2D eigenvalue weighted by molar-refractivity contribution is -0.182. The van der Waals surface area contributed by atoms with Crippen molar-refractivity contribution in [3.63, 3.8) is 0 Å². The van der Waals surface area contributed by atoms with E-state index in [1.807, 2.05) is 0 Å². The fraction of sp³-hybridized carbons (Fsp3) is 0.818. The molecular weight excluding hydrogens is 196 g/mol. The maximum atomic E-state index is 11.2. The van der Waals surface area contributed by atoms with E-state index in [4.69, 9.17) is 4.74 Å². The number of unbranched alkanes of at least 4 members (excludes halogenated alkanes) is 3. The molecule has 0 aliphatic heterocycles. The van der Waals surface area contributed by atoms with Crippen LogP contribution in [0.3, 0.4) is 0 Å². The average molecular weight is 216 g/mol. The van der Waals surface area contributed by atoms with Crippen LogP contribution in [0.1, 0.15) is 52.9 Å². The molecular formula is C11H20O4. The van der Waals surface area contributed by atoms with Gasteiger partial charge in [0, 0.05) is 20.3 Å². The molecule has 1 atom stereocenters. The lowest BCUT2D eigenvalue weighted by Crippen LogP contribution is -2.20. The number of hydrogen-bond acceptors (Lipinski definition) is 4. The Kier molecular flexibility index (Phi) is 7.68. The van der Waals surface area contributed by atoms with Gasteiger partial charge < -0.3 is 9.47 Å². The molecule has 0 fully saturated rings. The number of hydrogen-bond donors (Lipinski definition) is 0. The van der Waals surface area contributed by atoms with E-state index in [-0.39, 0.29) is 5.97 Å². The van der Waals surface area contributed by atoms with E-state index in [9.17, 15) is 9.59 Å². The molecule has 0 heterocycles. The monoisotopic (exact) mass is 216 g/mol. The van der Waals surface area contributed by atoms with Crippen molar-refractivity contribution < 1.29 is 19.1 Å². The minimum atomic E-state index is -0.777. The Hall–Kier alpha value is -1.06. The first-order valence-corrected chi connectivity index (χ1v) is 5.43. The van der Waals surface area contributed by atoms with Crippen molar-refractivity contribution in [3.05, 3.63) is 0 Å². The molecule has 88 valence electrons. The zero-order chi connectivity index (χ0) is 11.7. The van der Waals surface area contributed by atoms with Gasteiger partial charge in [0.1, 0.15) is 0 Å². The van der Waals surface area contributed by atoms with Crippen LogP contribution in [0.25, 0.3) is 0 Å². The summed E-state index contributed by atoms with van der Waals surface area (Å²) in [6, 6.07) is 0. The maximum absolute atomic E-state index is 11.2. The van der Waals surface area contributed by atoms with Crippen molar-refractivity contribution in [2.45, 2.75) is 59.2 Å². The van der Waals surface area contributed by atoms with Gasteiger partial charge in [-0.3, -0.25) is 9.59 Å². The number of esters is 2. The Morgan fingerprint density at radius 2 is 1.80 bits per heavy atom. The van der Waals surface area contributed by atoms with Gasteiger partial charge in [-0.25, -0.2) is 0 Å². The molecule has 0 N–H and O–H groups in total. The number of carbonyl (C=O) groups is 2. The molecule has 0 amide bonds. The van der Waals surface area contributed by atoms with Crippen LogP contribution in [-0.2, 0) is 19.1 Å². The van der Waals surface area contributed by atoms with Crippen LogP contribution in [0.5, 0.6) is 0 Å². The van der Waals surface area contributed by atoms with Gasteiger partial charge in [-0.15, -0.1) is 0 Å². The first-order valence-electron chi connectivity index (χ1n) is 5.43. The van der Waals surface area contributed by atoms with Gasteiger partial charge >= 0.3 is 11.9 Å². The molecule has 1 unspecified atom stereocenters. The molecule has 4 heteroatoms.